The Morgan fingerprint density at radius 3 is 2.94 bits per heavy atom. The molecule has 0 aliphatic carbocycles. The van der Waals surface area contributed by atoms with Crippen LogP contribution in [-0.4, -0.2) is 14.5 Å². The molecule has 0 fully saturated rings. The van der Waals surface area contributed by atoms with E-state index in [-0.39, 0.29) is 0 Å². The van der Waals surface area contributed by atoms with Crippen molar-refractivity contribution in [3.8, 4) is 5.69 Å². The number of hydrogen-bond donors (Lipinski definition) is 0. The fourth-order valence-corrected chi connectivity index (χ4v) is 2.39. The van der Waals surface area contributed by atoms with Crippen LogP contribution in [0.1, 0.15) is 5.69 Å². The van der Waals surface area contributed by atoms with Gasteiger partial charge in [-0.1, -0.05) is 12.1 Å². The van der Waals surface area contributed by atoms with Gasteiger partial charge in [-0.15, -0.1) is 0 Å². The van der Waals surface area contributed by atoms with E-state index in [1.165, 1.54) is 0 Å². The highest BCUT2D eigenvalue weighted by Gasteiger charge is 2.07. The number of rotatable bonds is 1. The van der Waals surface area contributed by atoms with Crippen molar-refractivity contribution in [1.82, 2.24) is 14.5 Å². The molecule has 4 heteroatoms. The molecular weight excluding hydrogens is 278 g/mol. The van der Waals surface area contributed by atoms with Gasteiger partial charge in [0.25, 0.3) is 0 Å². The maximum atomic E-state index is 4.57. The molecule has 3 nitrogen and oxygen atoms in total. The van der Waals surface area contributed by atoms with E-state index in [2.05, 4.69) is 38.0 Å². The fraction of sp³-hybridized carbons (Fsp3) is 0.0769. The molecule has 0 amide bonds. The molecule has 3 aromatic rings. The predicted octanol–water partition coefficient (Wildman–Crippen LogP) is 3.49. The summed E-state index contributed by atoms with van der Waals surface area (Å²) < 4.78 is 3.02. The van der Waals surface area contributed by atoms with Gasteiger partial charge in [0.1, 0.15) is 0 Å². The molecule has 0 radical (unpaired) electrons. The van der Waals surface area contributed by atoms with Crippen molar-refractivity contribution < 1.29 is 0 Å². The molecule has 17 heavy (non-hydrogen) atoms. The van der Waals surface area contributed by atoms with Crippen molar-refractivity contribution in [1.29, 1.82) is 0 Å². The second-order valence-electron chi connectivity index (χ2n) is 3.89. The zero-order chi connectivity index (χ0) is 11.8. The first-order valence-electron chi connectivity index (χ1n) is 5.30. The summed E-state index contributed by atoms with van der Waals surface area (Å²) in [6.07, 6.45) is 5.52. The van der Waals surface area contributed by atoms with E-state index >= 15 is 0 Å². The average Bonchev–Trinajstić information content (AvgIpc) is 2.83. The number of aryl methyl sites for hydroxylation is 1. The summed E-state index contributed by atoms with van der Waals surface area (Å²) in [4.78, 5) is 8.65. The quantitative estimate of drug-likeness (QED) is 0.686. The molecule has 0 N–H and O–H groups in total. The number of fused-ring (bicyclic) bond motifs is 1. The van der Waals surface area contributed by atoms with Gasteiger partial charge in [0.15, 0.2) is 0 Å². The lowest BCUT2D eigenvalue weighted by atomic mass is 10.1. The van der Waals surface area contributed by atoms with Gasteiger partial charge in [-0.2, -0.15) is 0 Å². The Morgan fingerprint density at radius 2 is 2.18 bits per heavy atom. The van der Waals surface area contributed by atoms with Crippen molar-refractivity contribution in [2.45, 2.75) is 6.92 Å². The fourth-order valence-electron chi connectivity index (χ4n) is 1.94. The van der Waals surface area contributed by atoms with Crippen molar-refractivity contribution in [3.63, 3.8) is 0 Å². The van der Waals surface area contributed by atoms with Crippen LogP contribution in [0.5, 0.6) is 0 Å². The summed E-state index contributed by atoms with van der Waals surface area (Å²) in [5.74, 6) is 0. The van der Waals surface area contributed by atoms with Crippen LogP contribution in [0.15, 0.2) is 47.5 Å². The largest absolute Gasteiger partial charge is 0.306 e. The number of hydrogen-bond acceptors (Lipinski definition) is 2. The van der Waals surface area contributed by atoms with Crippen molar-refractivity contribution in [3.05, 3.63) is 53.2 Å². The van der Waals surface area contributed by atoms with E-state index in [1.54, 1.807) is 12.5 Å². The third-order valence-corrected chi connectivity index (χ3v) is 3.32. The highest BCUT2D eigenvalue weighted by molar-refractivity contribution is 9.10. The Labute approximate surface area is 107 Å². The van der Waals surface area contributed by atoms with E-state index in [1.807, 2.05) is 29.8 Å². The molecule has 0 unspecified atom stereocenters. The molecule has 0 atom stereocenters. The molecule has 0 bridgehead atoms. The summed E-state index contributed by atoms with van der Waals surface area (Å²) in [6.45, 7) is 2.00. The van der Waals surface area contributed by atoms with Crippen LogP contribution in [0, 0.1) is 6.92 Å². The van der Waals surface area contributed by atoms with Crippen LogP contribution in [0.2, 0.25) is 0 Å². The topological polar surface area (TPSA) is 30.7 Å². The van der Waals surface area contributed by atoms with Crippen molar-refractivity contribution in [2.24, 2.45) is 0 Å². The van der Waals surface area contributed by atoms with Gasteiger partial charge in [0, 0.05) is 27.9 Å². The standard InChI is InChI=1S/C13H10BrN3/c1-9-7-12(17-6-5-15-8-17)10-3-2-4-11(14)13(10)16-9/h2-8H,1H3. The number of pyridine rings is 1. The number of para-hydroxylation sites is 1. The Morgan fingerprint density at radius 1 is 1.29 bits per heavy atom. The summed E-state index contributed by atoms with van der Waals surface area (Å²) in [5.41, 5.74) is 3.08. The zero-order valence-corrected chi connectivity index (χ0v) is 10.8. The molecule has 2 heterocycles. The average molecular weight is 288 g/mol. The lowest BCUT2D eigenvalue weighted by Gasteiger charge is -2.09. The lowest BCUT2D eigenvalue weighted by molar-refractivity contribution is 1.05. The third-order valence-electron chi connectivity index (χ3n) is 2.68. The number of halogens is 1. The molecule has 0 aliphatic heterocycles. The van der Waals surface area contributed by atoms with Gasteiger partial charge in [-0.3, -0.25) is 4.98 Å². The second-order valence-corrected chi connectivity index (χ2v) is 4.74. The van der Waals surface area contributed by atoms with E-state index < -0.39 is 0 Å². The molecule has 0 saturated carbocycles. The van der Waals surface area contributed by atoms with Crippen LogP contribution in [0.25, 0.3) is 16.6 Å². The van der Waals surface area contributed by atoms with E-state index in [0.717, 1.165) is 26.8 Å². The number of aromatic nitrogens is 3. The minimum absolute atomic E-state index is 0.983. The van der Waals surface area contributed by atoms with E-state index in [9.17, 15) is 0 Å². The Kier molecular flexibility index (Phi) is 2.44. The van der Waals surface area contributed by atoms with Crippen LogP contribution in [-0.2, 0) is 0 Å². The maximum Gasteiger partial charge on any atom is 0.0991 e. The minimum Gasteiger partial charge on any atom is -0.306 e. The summed E-state index contributed by atoms with van der Waals surface area (Å²) in [6, 6.07) is 8.16. The molecule has 2 aromatic heterocycles. The first kappa shape index (κ1) is 10.5. The third kappa shape index (κ3) is 1.74. The van der Waals surface area contributed by atoms with Gasteiger partial charge < -0.3 is 4.57 Å². The van der Waals surface area contributed by atoms with Gasteiger partial charge >= 0.3 is 0 Å². The maximum absolute atomic E-state index is 4.57. The summed E-state index contributed by atoms with van der Waals surface area (Å²) >= 11 is 3.54. The monoisotopic (exact) mass is 287 g/mol. The van der Waals surface area contributed by atoms with Gasteiger partial charge in [-0.05, 0) is 35.0 Å². The van der Waals surface area contributed by atoms with Crippen LogP contribution < -0.4 is 0 Å². The molecule has 0 aliphatic rings. The van der Waals surface area contributed by atoms with Crippen LogP contribution in [0.4, 0.5) is 0 Å². The molecule has 3 rings (SSSR count). The zero-order valence-electron chi connectivity index (χ0n) is 9.26. The van der Waals surface area contributed by atoms with Crippen molar-refractivity contribution >= 4 is 26.8 Å². The first-order valence-corrected chi connectivity index (χ1v) is 6.09. The minimum atomic E-state index is 0.983. The number of imidazole rings is 1. The Hall–Kier alpha value is -1.68. The normalized spacial score (nSPS) is 10.9. The lowest BCUT2D eigenvalue weighted by Crippen LogP contribution is -1.95. The highest BCUT2D eigenvalue weighted by atomic mass is 79.9. The SMILES string of the molecule is Cc1cc(-n2ccnc2)c2cccc(Br)c2n1. The van der Waals surface area contributed by atoms with Crippen LogP contribution >= 0.6 is 15.9 Å². The second kappa shape index (κ2) is 3.96. The molecule has 84 valence electrons. The van der Waals surface area contributed by atoms with E-state index in [4.69, 9.17) is 0 Å². The Balaban J connectivity index is 2.42. The predicted molar refractivity (Wildman–Crippen MR) is 71.3 cm³/mol. The van der Waals surface area contributed by atoms with E-state index in [0.29, 0.717) is 0 Å². The number of nitrogens with zero attached hydrogens (tertiary/aromatic N) is 3. The van der Waals surface area contributed by atoms with Gasteiger partial charge in [0.2, 0.25) is 0 Å². The molecule has 1 aromatic carbocycles. The smallest absolute Gasteiger partial charge is 0.0991 e. The number of benzene rings is 1. The summed E-state index contributed by atoms with van der Waals surface area (Å²) in [5, 5.41) is 1.11. The first-order chi connectivity index (χ1) is 8.25. The van der Waals surface area contributed by atoms with Gasteiger partial charge in [0.05, 0.1) is 17.5 Å². The Bertz CT molecular complexity index is 674. The van der Waals surface area contributed by atoms with Crippen LogP contribution in [0.3, 0.4) is 0 Å². The highest BCUT2D eigenvalue weighted by Crippen LogP contribution is 2.27. The van der Waals surface area contributed by atoms with Crippen molar-refractivity contribution in [2.75, 3.05) is 0 Å². The molecule has 0 saturated heterocycles. The molecule has 0 spiro atoms. The summed E-state index contributed by atoms with van der Waals surface area (Å²) in [7, 11) is 0. The molecular formula is C13H10BrN3. The van der Waals surface area contributed by atoms with Gasteiger partial charge in [-0.25, -0.2) is 4.98 Å².